The van der Waals surface area contributed by atoms with Crippen LogP contribution in [0.15, 0.2) is 12.1 Å². The lowest BCUT2D eigenvalue weighted by Crippen LogP contribution is -2.54. The fourth-order valence-corrected chi connectivity index (χ4v) is 3.52. The molecule has 6 nitrogen and oxygen atoms in total. The van der Waals surface area contributed by atoms with Gasteiger partial charge in [0.15, 0.2) is 5.41 Å². The zero-order valence-corrected chi connectivity index (χ0v) is 13.6. The number of esters is 1. The summed E-state index contributed by atoms with van der Waals surface area (Å²) < 4.78 is 5.39. The summed E-state index contributed by atoms with van der Waals surface area (Å²) in [6.45, 7) is 1.94. The van der Waals surface area contributed by atoms with Crippen molar-refractivity contribution in [3.8, 4) is 0 Å². The molecule has 1 fully saturated rings. The summed E-state index contributed by atoms with van der Waals surface area (Å²) in [6.07, 6.45) is 0.589. The number of likely N-dealkylation sites (tertiary alicyclic amines) is 1. The van der Waals surface area contributed by atoms with Crippen molar-refractivity contribution in [3.05, 3.63) is 21.3 Å². The Kier molecular flexibility index (Phi) is 5.08. The molecule has 0 aliphatic carbocycles. The molecule has 1 amide bonds. The van der Waals surface area contributed by atoms with E-state index in [0.29, 0.717) is 22.2 Å². The van der Waals surface area contributed by atoms with Gasteiger partial charge in [-0.3, -0.25) is 14.4 Å². The molecule has 2 rings (SSSR count). The average molecular weight is 346 g/mol. The highest BCUT2D eigenvalue weighted by atomic mass is 35.5. The lowest BCUT2D eigenvalue weighted by Gasteiger charge is -2.37. The fraction of sp³-hybridized carbons (Fsp3) is 0.500. The Balaban J connectivity index is 2.23. The van der Waals surface area contributed by atoms with Crippen LogP contribution in [0.5, 0.6) is 0 Å². The molecule has 1 aliphatic heterocycles. The van der Waals surface area contributed by atoms with Crippen LogP contribution in [0.25, 0.3) is 0 Å². The number of carbonyl (C=O) groups is 3. The van der Waals surface area contributed by atoms with Gasteiger partial charge in [-0.05, 0) is 31.9 Å². The number of nitrogens with zero attached hydrogens (tertiary/aromatic N) is 1. The van der Waals surface area contributed by atoms with E-state index in [1.165, 1.54) is 4.90 Å². The van der Waals surface area contributed by atoms with Crippen LogP contribution in [0.3, 0.4) is 0 Å². The third-order valence-corrected chi connectivity index (χ3v) is 4.86. The summed E-state index contributed by atoms with van der Waals surface area (Å²) in [5.74, 6) is -2.36. The van der Waals surface area contributed by atoms with Gasteiger partial charge in [0, 0.05) is 13.1 Å². The number of amides is 1. The van der Waals surface area contributed by atoms with E-state index in [2.05, 4.69) is 0 Å². The Hall–Kier alpha value is -1.60. The summed E-state index contributed by atoms with van der Waals surface area (Å²) in [7, 11) is 0. The van der Waals surface area contributed by atoms with Crippen molar-refractivity contribution in [2.24, 2.45) is 5.41 Å². The van der Waals surface area contributed by atoms with Gasteiger partial charge in [0.1, 0.15) is 0 Å². The first-order valence-corrected chi connectivity index (χ1v) is 8.05. The number of carboxylic acid groups (broad SMARTS) is 1. The number of halogens is 1. The van der Waals surface area contributed by atoms with E-state index in [4.69, 9.17) is 16.3 Å². The molecular weight excluding hydrogens is 330 g/mol. The zero-order valence-electron chi connectivity index (χ0n) is 12.0. The molecule has 120 valence electrons. The van der Waals surface area contributed by atoms with Crippen molar-refractivity contribution < 1.29 is 24.2 Å². The minimum Gasteiger partial charge on any atom is -0.480 e. The van der Waals surface area contributed by atoms with E-state index >= 15 is 0 Å². The van der Waals surface area contributed by atoms with E-state index in [1.807, 2.05) is 0 Å². The van der Waals surface area contributed by atoms with Crippen LogP contribution < -0.4 is 0 Å². The third-order valence-electron chi connectivity index (χ3n) is 3.64. The minimum atomic E-state index is -1.69. The maximum atomic E-state index is 12.4. The first-order valence-electron chi connectivity index (χ1n) is 6.86. The maximum Gasteiger partial charge on any atom is 0.325 e. The van der Waals surface area contributed by atoms with Crippen LogP contribution in [0.4, 0.5) is 0 Å². The minimum absolute atomic E-state index is 0.0995. The van der Waals surface area contributed by atoms with Gasteiger partial charge in [0.05, 0.1) is 15.8 Å². The van der Waals surface area contributed by atoms with E-state index in [-0.39, 0.29) is 25.5 Å². The molecule has 22 heavy (non-hydrogen) atoms. The van der Waals surface area contributed by atoms with Crippen molar-refractivity contribution >= 4 is 40.8 Å². The van der Waals surface area contributed by atoms with E-state index in [1.54, 1.807) is 19.1 Å². The van der Waals surface area contributed by atoms with Crippen molar-refractivity contribution in [2.75, 3.05) is 19.7 Å². The Morgan fingerprint density at radius 2 is 2.18 bits per heavy atom. The van der Waals surface area contributed by atoms with Crippen molar-refractivity contribution in [2.45, 2.75) is 19.8 Å². The quantitative estimate of drug-likeness (QED) is 0.668. The Labute approximate surface area is 136 Å². The highest BCUT2D eigenvalue weighted by Gasteiger charge is 2.51. The average Bonchev–Trinajstić information content (AvgIpc) is 2.93. The number of hydrogen-bond acceptors (Lipinski definition) is 5. The predicted octanol–water partition coefficient (Wildman–Crippen LogP) is 2.27. The molecule has 1 unspecified atom stereocenters. The monoisotopic (exact) mass is 345 g/mol. The summed E-state index contributed by atoms with van der Waals surface area (Å²) in [5, 5.41) is 9.50. The van der Waals surface area contributed by atoms with Crippen LogP contribution in [0, 0.1) is 5.41 Å². The van der Waals surface area contributed by atoms with Gasteiger partial charge in [-0.1, -0.05) is 11.6 Å². The van der Waals surface area contributed by atoms with Gasteiger partial charge < -0.3 is 14.7 Å². The van der Waals surface area contributed by atoms with Gasteiger partial charge in [0.2, 0.25) is 0 Å². The molecule has 0 bridgehead atoms. The largest absolute Gasteiger partial charge is 0.480 e. The summed E-state index contributed by atoms with van der Waals surface area (Å²) >= 11 is 6.95. The van der Waals surface area contributed by atoms with E-state index in [0.717, 1.165) is 11.3 Å². The molecule has 8 heteroatoms. The van der Waals surface area contributed by atoms with Crippen molar-refractivity contribution in [1.82, 2.24) is 4.90 Å². The van der Waals surface area contributed by atoms with Gasteiger partial charge in [-0.25, -0.2) is 0 Å². The Bertz CT molecular complexity index is 602. The topological polar surface area (TPSA) is 83.9 Å². The molecule has 1 saturated heterocycles. The number of ether oxygens (including phenoxy) is 1. The molecule has 1 aromatic heterocycles. The highest BCUT2D eigenvalue weighted by Crippen LogP contribution is 2.33. The van der Waals surface area contributed by atoms with E-state index < -0.39 is 17.4 Å². The number of thiophene rings is 1. The number of rotatable bonds is 4. The summed E-state index contributed by atoms with van der Waals surface area (Å²) in [5.41, 5.74) is -1.69. The van der Waals surface area contributed by atoms with Gasteiger partial charge in [-0.15, -0.1) is 11.3 Å². The summed E-state index contributed by atoms with van der Waals surface area (Å²) in [6, 6.07) is 3.20. The standard InChI is InChI=1S/C14H16ClNO5S/c1-2-21-13(20)14(12(18)19)6-3-7-16(8-14)11(17)9-4-5-10(15)22-9/h4-5H,2-3,6-8H2,1H3,(H,18,19). The van der Waals surface area contributed by atoms with Crippen LogP contribution in [-0.4, -0.2) is 47.5 Å². The Morgan fingerprint density at radius 1 is 1.45 bits per heavy atom. The molecule has 1 aromatic rings. The molecule has 1 N–H and O–H groups in total. The van der Waals surface area contributed by atoms with Crippen molar-refractivity contribution in [1.29, 1.82) is 0 Å². The van der Waals surface area contributed by atoms with Crippen LogP contribution in [0.1, 0.15) is 29.4 Å². The SMILES string of the molecule is CCOC(=O)C1(C(=O)O)CCCN(C(=O)c2ccc(Cl)s2)C1. The third kappa shape index (κ3) is 3.10. The molecule has 1 atom stereocenters. The smallest absolute Gasteiger partial charge is 0.325 e. The number of carbonyl (C=O) groups excluding carboxylic acids is 2. The highest BCUT2D eigenvalue weighted by molar-refractivity contribution is 7.17. The number of hydrogen-bond donors (Lipinski definition) is 1. The van der Waals surface area contributed by atoms with Crippen molar-refractivity contribution in [3.63, 3.8) is 0 Å². The first-order chi connectivity index (χ1) is 10.4. The van der Waals surface area contributed by atoms with Gasteiger partial charge in [0.25, 0.3) is 5.91 Å². The second-order valence-electron chi connectivity index (χ2n) is 5.04. The normalized spacial score (nSPS) is 21.5. The molecule has 0 spiro atoms. The van der Waals surface area contributed by atoms with Crippen LogP contribution in [-0.2, 0) is 14.3 Å². The second kappa shape index (κ2) is 6.66. The maximum absolute atomic E-state index is 12.4. The molecule has 0 saturated carbocycles. The molecule has 2 heterocycles. The van der Waals surface area contributed by atoms with Gasteiger partial charge >= 0.3 is 11.9 Å². The summed E-state index contributed by atoms with van der Waals surface area (Å²) in [4.78, 5) is 38.0. The Morgan fingerprint density at radius 3 is 2.73 bits per heavy atom. The fourth-order valence-electron chi connectivity index (χ4n) is 2.51. The number of piperidine rings is 1. The second-order valence-corrected chi connectivity index (χ2v) is 6.76. The molecular formula is C14H16ClNO5S. The first kappa shape index (κ1) is 16.8. The molecule has 0 aromatic carbocycles. The molecule has 0 radical (unpaired) electrons. The molecule has 1 aliphatic rings. The van der Waals surface area contributed by atoms with E-state index in [9.17, 15) is 19.5 Å². The lowest BCUT2D eigenvalue weighted by molar-refractivity contribution is -0.172. The number of carboxylic acids is 1. The predicted molar refractivity (Wildman–Crippen MR) is 81.2 cm³/mol. The van der Waals surface area contributed by atoms with Gasteiger partial charge in [-0.2, -0.15) is 0 Å². The zero-order chi connectivity index (χ0) is 16.3. The van der Waals surface area contributed by atoms with Crippen LogP contribution >= 0.6 is 22.9 Å². The lowest BCUT2D eigenvalue weighted by atomic mass is 9.79. The number of aliphatic carboxylic acids is 1. The van der Waals surface area contributed by atoms with Crippen LogP contribution in [0.2, 0.25) is 4.34 Å².